The minimum atomic E-state index is -0.0727. The molecule has 0 fully saturated rings. The molecule has 0 nitrogen and oxygen atoms in total. The average Bonchev–Trinajstić information content (AvgIpc) is 2.90. The molecule has 0 N–H and O–H groups in total. The molecule has 3 aromatic heterocycles. The SMILES string of the molecule is ClC(c1cc2sccc2s1)c1cc(Br)sc1Br. The van der Waals surface area contributed by atoms with Gasteiger partial charge in [-0.15, -0.1) is 45.6 Å². The molecule has 0 bridgehead atoms. The molecule has 0 saturated carbocycles. The Bertz CT molecular complexity index is 639. The minimum absolute atomic E-state index is 0.0727. The summed E-state index contributed by atoms with van der Waals surface area (Å²) in [5.74, 6) is 0. The van der Waals surface area contributed by atoms with Crippen LogP contribution in [0.4, 0.5) is 0 Å². The fourth-order valence-electron chi connectivity index (χ4n) is 1.59. The molecular weight excluding hydrogens is 424 g/mol. The smallest absolute Gasteiger partial charge is 0.0947 e. The molecule has 1 atom stereocenters. The van der Waals surface area contributed by atoms with Crippen molar-refractivity contribution in [1.82, 2.24) is 0 Å². The number of alkyl halides is 1. The molecule has 1 unspecified atom stereocenters. The Morgan fingerprint density at radius 1 is 1.12 bits per heavy atom. The molecule has 0 aromatic carbocycles. The summed E-state index contributed by atoms with van der Waals surface area (Å²) in [5, 5.41) is 2.04. The van der Waals surface area contributed by atoms with E-state index in [1.165, 1.54) is 14.3 Å². The fourth-order valence-corrected chi connectivity index (χ4v) is 7.17. The summed E-state index contributed by atoms with van der Waals surface area (Å²) in [6.07, 6.45) is 0. The standard InChI is InChI=1S/C11H5Br2ClS3/c12-9-3-5(11(13)17-9)10(14)8-4-7-6(16-8)1-2-15-7/h1-4,10H. The van der Waals surface area contributed by atoms with Crippen LogP contribution in [0.25, 0.3) is 9.40 Å². The van der Waals surface area contributed by atoms with Gasteiger partial charge >= 0.3 is 0 Å². The fraction of sp³-hybridized carbons (Fsp3) is 0.0909. The quantitative estimate of drug-likeness (QED) is 0.390. The minimum Gasteiger partial charge on any atom is -0.143 e. The number of hydrogen-bond acceptors (Lipinski definition) is 3. The van der Waals surface area contributed by atoms with Crippen molar-refractivity contribution < 1.29 is 0 Å². The molecule has 0 aliphatic heterocycles. The summed E-state index contributed by atoms with van der Waals surface area (Å²) in [5.41, 5.74) is 1.14. The number of rotatable bonds is 2. The van der Waals surface area contributed by atoms with Gasteiger partial charge in [0, 0.05) is 19.8 Å². The maximum atomic E-state index is 6.55. The topological polar surface area (TPSA) is 0 Å². The van der Waals surface area contributed by atoms with E-state index in [9.17, 15) is 0 Å². The van der Waals surface area contributed by atoms with E-state index in [1.807, 2.05) is 0 Å². The van der Waals surface area contributed by atoms with Crippen LogP contribution in [0.2, 0.25) is 0 Å². The van der Waals surface area contributed by atoms with E-state index in [1.54, 1.807) is 34.0 Å². The summed E-state index contributed by atoms with van der Waals surface area (Å²) >= 11 is 18.8. The lowest BCUT2D eigenvalue weighted by Crippen LogP contribution is -1.87. The normalized spacial score (nSPS) is 13.4. The maximum Gasteiger partial charge on any atom is 0.0947 e. The lowest BCUT2D eigenvalue weighted by Gasteiger charge is -2.05. The summed E-state index contributed by atoms with van der Waals surface area (Å²) < 4.78 is 4.84. The number of hydrogen-bond donors (Lipinski definition) is 0. The maximum absolute atomic E-state index is 6.55. The molecule has 3 rings (SSSR count). The molecule has 0 aliphatic rings. The number of halogens is 3. The number of thiophene rings is 3. The molecule has 0 radical (unpaired) electrons. The van der Waals surface area contributed by atoms with Crippen molar-refractivity contribution in [2.45, 2.75) is 5.38 Å². The van der Waals surface area contributed by atoms with Crippen LogP contribution in [0.3, 0.4) is 0 Å². The molecule has 0 saturated heterocycles. The van der Waals surface area contributed by atoms with Gasteiger partial charge in [0.1, 0.15) is 0 Å². The van der Waals surface area contributed by atoms with Gasteiger partial charge in [-0.05, 0) is 55.4 Å². The summed E-state index contributed by atoms with van der Waals surface area (Å²) in [6.45, 7) is 0. The second-order valence-corrected chi connectivity index (χ2v) is 9.69. The van der Waals surface area contributed by atoms with Crippen LogP contribution < -0.4 is 0 Å². The van der Waals surface area contributed by atoms with Crippen LogP contribution in [0.5, 0.6) is 0 Å². The average molecular weight is 429 g/mol. The van der Waals surface area contributed by atoms with Crippen LogP contribution in [-0.2, 0) is 0 Å². The monoisotopic (exact) mass is 426 g/mol. The van der Waals surface area contributed by atoms with E-state index in [-0.39, 0.29) is 5.38 Å². The van der Waals surface area contributed by atoms with Crippen LogP contribution in [-0.4, -0.2) is 0 Å². The van der Waals surface area contributed by atoms with Gasteiger partial charge in [-0.2, -0.15) is 0 Å². The van der Waals surface area contributed by atoms with Gasteiger partial charge in [-0.1, -0.05) is 0 Å². The van der Waals surface area contributed by atoms with E-state index in [0.717, 1.165) is 13.1 Å². The van der Waals surface area contributed by atoms with Crippen LogP contribution in [0.15, 0.2) is 31.2 Å². The summed E-state index contributed by atoms with van der Waals surface area (Å²) in [7, 11) is 0. The first kappa shape index (κ1) is 12.6. The Kier molecular flexibility index (Phi) is 3.67. The van der Waals surface area contributed by atoms with Crippen molar-refractivity contribution in [2.75, 3.05) is 0 Å². The molecular formula is C11H5Br2ClS3. The lowest BCUT2D eigenvalue weighted by atomic mass is 10.2. The van der Waals surface area contributed by atoms with E-state index >= 15 is 0 Å². The van der Waals surface area contributed by atoms with Gasteiger partial charge in [-0.25, -0.2) is 0 Å². The molecule has 0 spiro atoms. The summed E-state index contributed by atoms with van der Waals surface area (Å²) in [6, 6.07) is 6.43. The second-order valence-electron chi connectivity index (χ2n) is 3.44. The zero-order valence-electron chi connectivity index (χ0n) is 8.25. The molecule has 0 aliphatic carbocycles. The van der Waals surface area contributed by atoms with Gasteiger partial charge in [0.15, 0.2) is 0 Å². The van der Waals surface area contributed by atoms with E-state index in [0.29, 0.717) is 0 Å². The van der Waals surface area contributed by atoms with Gasteiger partial charge in [0.2, 0.25) is 0 Å². The van der Waals surface area contributed by atoms with Crippen LogP contribution in [0, 0.1) is 0 Å². The van der Waals surface area contributed by atoms with Crippen molar-refractivity contribution in [3.05, 3.63) is 41.6 Å². The van der Waals surface area contributed by atoms with Crippen molar-refractivity contribution in [2.24, 2.45) is 0 Å². The largest absolute Gasteiger partial charge is 0.143 e. The highest BCUT2D eigenvalue weighted by Crippen LogP contribution is 2.44. The van der Waals surface area contributed by atoms with E-state index < -0.39 is 0 Å². The third kappa shape index (κ3) is 2.38. The molecule has 0 amide bonds. The number of fused-ring (bicyclic) bond motifs is 1. The predicted molar refractivity (Wildman–Crippen MR) is 87.1 cm³/mol. The molecule has 3 aromatic rings. The zero-order chi connectivity index (χ0) is 12.0. The Morgan fingerprint density at radius 2 is 1.94 bits per heavy atom. The van der Waals surface area contributed by atoms with Crippen LogP contribution >= 0.6 is 77.5 Å². The Balaban J connectivity index is 2.04. The Labute approximate surface area is 132 Å². The third-order valence-electron chi connectivity index (χ3n) is 2.36. The van der Waals surface area contributed by atoms with Crippen molar-refractivity contribution in [3.63, 3.8) is 0 Å². The first-order valence-corrected chi connectivity index (χ1v) is 9.24. The highest BCUT2D eigenvalue weighted by atomic mass is 79.9. The Morgan fingerprint density at radius 3 is 2.59 bits per heavy atom. The van der Waals surface area contributed by atoms with Crippen molar-refractivity contribution in [1.29, 1.82) is 0 Å². The first-order valence-electron chi connectivity index (χ1n) is 4.71. The van der Waals surface area contributed by atoms with E-state index in [4.69, 9.17) is 11.6 Å². The van der Waals surface area contributed by atoms with Gasteiger partial charge in [0.25, 0.3) is 0 Å². The molecule has 6 heteroatoms. The van der Waals surface area contributed by atoms with Gasteiger partial charge in [-0.3, -0.25) is 0 Å². The third-order valence-corrected chi connectivity index (χ3v) is 7.51. The zero-order valence-corrected chi connectivity index (χ0v) is 14.6. The highest BCUT2D eigenvalue weighted by Gasteiger charge is 2.19. The second kappa shape index (κ2) is 4.94. The summed E-state index contributed by atoms with van der Waals surface area (Å²) in [4.78, 5) is 1.21. The van der Waals surface area contributed by atoms with Crippen molar-refractivity contribution in [3.8, 4) is 0 Å². The van der Waals surface area contributed by atoms with Crippen LogP contribution in [0.1, 0.15) is 15.8 Å². The molecule has 88 valence electrons. The Hall–Kier alpha value is 0.610. The predicted octanol–water partition coefficient (Wildman–Crippen LogP) is 6.88. The lowest BCUT2D eigenvalue weighted by molar-refractivity contribution is 1.19. The van der Waals surface area contributed by atoms with Gasteiger partial charge < -0.3 is 0 Å². The highest BCUT2D eigenvalue weighted by molar-refractivity contribution is 9.12. The van der Waals surface area contributed by atoms with Gasteiger partial charge in [0.05, 0.1) is 12.9 Å². The van der Waals surface area contributed by atoms with Crippen molar-refractivity contribution >= 4 is 86.9 Å². The first-order chi connectivity index (χ1) is 8.15. The molecule has 3 heterocycles. The van der Waals surface area contributed by atoms with E-state index in [2.05, 4.69) is 55.4 Å². The molecule has 17 heavy (non-hydrogen) atoms.